The molecule has 0 fully saturated rings. The third-order valence-electron chi connectivity index (χ3n) is 0. The molecule has 2 N–H and O–H groups in total. The summed E-state index contributed by atoms with van der Waals surface area (Å²) in [7, 11) is 0. The Labute approximate surface area is 32.4 Å². The molecule has 0 aromatic rings. The van der Waals surface area contributed by atoms with Crippen molar-refractivity contribution in [3.8, 4) is 0 Å². The summed E-state index contributed by atoms with van der Waals surface area (Å²) >= 11 is 0. The summed E-state index contributed by atoms with van der Waals surface area (Å²) in [5.74, 6) is 0. The predicted molar refractivity (Wildman–Crippen MR) is 8.62 cm³/mol. The van der Waals surface area contributed by atoms with Gasteiger partial charge in [0.2, 0.25) is 0 Å². The van der Waals surface area contributed by atoms with Crippen molar-refractivity contribution in [2.45, 2.75) is 0 Å². The Kier molecular flexibility index (Phi) is 21700. The number of hydrogen-bond donors (Lipinski definition) is 0. The van der Waals surface area contributed by atoms with Gasteiger partial charge in [0.1, 0.15) is 0 Å². The molecule has 0 rings (SSSR count). The molecular formula is H4F2NiO. The van der Waals surface area contributed by atoms with Crippen LogP contribution < -0.4 is 0 Å². The van der Waals surface area contributed by atoms with Crippen LogP contribution in [0.4, 0.5) is 9.41 Å². The van der Waals surface area contributed by atoms with Crippen molar-refractivity contribution in [3.63, 3.8) is 0 Å². The molecule has 0 aromatic heterocycles. The van der Waals surface area contributed by atoms with Crippen molar-refractivity contribution >= 4 is 0 Å². The first-order valence-corrected chi connectivity index (χ1v) is 0. The average molecular weight is 117 g/mol. The Morgan fingerprint density at radius 1 is 0.750 bits per heavy atom. The van der Waals surface area contributed by atoms with Crippen LogP contribution in [0.25, 0.3) is 0 Å². The van der Waals surface area contributed by atoms with E-state index in [9.17, 15) is 0 Å². The van der Waals surface area contributed by atoms with Crippen LogP contribution in [-0.2, 0) is 16.5 Å². The van der Waals surface area contributed by atoms with E-state index >= 15 is 0 Å². The molecule has 0 unspecified atom stereocenters. The molecule has 4 heavy (non-hydrogen) atoms. The third-order valence-corrected chi connectivity index (χ3v) is 0. The van der Waals surface area contributed by atoms with Gasteiger partial charge < -0.3 is 5.48 Å². The second-order valence-corrected chi connectivity index (χ2v) is 0. The van der Waals surface area contributed by atoms with Gasteiger partial charge in [-0.1, -0.05) is 0 Å². The maximum atomic E-state index is 0. The molecule has 0 aliphatic heterocycles. The van der Waals surface area contributed by atoms with Crippen molar-refractivity contribution in [1.29, 1.82) is 0 Å². The van der Waals surface area contributed by atoms with E-state index in [0.717, 1.165) is 0 Å². The van der Waals surface area contributed by atoms with Crippen LogP contribution in [0.1, 0.15) is 0 Å². The largest absolute Gasteiger partial charge is 0.412 e. The minimum atomic E-state index is 0. The Balaban J connectivity index is 0. The van der Waals surface area contributed by atoms with Gasteiger partial charge in [0.15, 0.2) is 0 Å². The minimum Gasteiger partial charge on any atom is -0.412 e. The van der Waals surface area contributed by atoms with Gasteiger partial charge in [0.25, 0.3) is 0 Å². The fraction of sp³-hybridized carbons (Fsp3) is 0. The topological polar surface area (TPSA) is 31.5 Å². The molecule has 0 spiro atoms. The van der Waals surface area contributed by atoms with Crippen LogP contribution in [0.2, 0.25) is 0 Å². The summed E-state index contributed by atoms with van der Waals surface area (Å²) in [5.41, 5.74) is 0. The number of rotatable bonds is 0. The summed E-state index contributed by atoms with van der Waals surface area (Å²) in [6.07, 6.45) is 0. The molecule has 0 bridgehead atoms. The fourth-order valence-corrected chi connectivity index (χ4v) is 0. The van der Waals surface area contributed by atoms with Crippen LogP contribution >= 0.6 is 0 Å². The van der Waals surface area contributed by atoms with Crippen LogP contribution in [0.3, 0.4) is 0 Å². The van der Waals surface area contributed by atoms with Crippen LogP contribution in [0.5, 0.6) is 0 Å². The Bertz CT molecular complexity index is 6.00. The Morgan fingerprint density at radius 2 is 0.750 bits per heavy atom. The van der Waals surface area contributed by atoms with Gasteiger partial charge >= 0.3 is 0 Å². The van der Waals surface area contributed by atoms with Gasteiger partial charge in [-0.2, -0.15) is 0 Å². The first-order valence-electron chi connectivity index (χ1n) is 0. The molecule has 0 aliphatic carbocycles. The average Bonchev–Trinajstić information content (AvgIpc) is 0. The zero-order chi connectivity index (χ0) is 0. The van der Waals surface area contributed by atoms with E-state index in [1.54, 1.807) is 0 Å². The maximum Gasteiger partial charge on any atom is 0 e. The molecule has 0 radical (unpaired) electrons. The SMILES string of the molecule is F.F.O.[Ni]. The van der Waals surface area contributed by atoms with Crippen LogP contribution in [0.15, 0.2) is 0 Å². The molecular weight excluding hydrogens is 113 g/mol. The first-order chi connectivity index (χ1) is 0. The van der Waals surface area contributed by atoms with E-state index in [0.29, 0.717) is 0 Å². The third kappa shape index (κ3) is 40.6. The van der Waals surface area contributed by atoms with E-state index in [-0.39, 0.29) is 31.4 Å². The molecule has 0 aromatic carbocycles. The zero-order valence-corrected chi connectivity index (χ0v) is 2.62. The Hall–Kier alpha value is 0.314. The van der Waals surface area contributed by atoms with Crippen molar-refractivity contribution in [2.75, 3.05) is 0 Å². The second-order valence-electron chi connectivity index (χ2n) is 0. The molecule has 34 valence electrons. The summed E-state index contributed by atoms with van der Waals surface area (Å²) in [6.45, 7) is 0. The van der Waals surface area contributed by atoms with Crippen molar-refractivity contribution in [2.24, 2.45) is 0 Å². The fourth-order valence-electron chi connectivity index (χ4n) is 0. The molecule has 0 atom stereocenters. The summed E-state index contributed by atoms with van der Waals surface area (Å²) in [4.78, 5) is 0. The molecule has 0 saturated heterocycles. The van der Waals surface area contributed by atoms with Gasteiger partial charge in [-0.3, -0.25) is 9.41 Å². The maximum absolute atomic E-state index is 0. The standard InChI is InChI=1S/2FH.Ni.H2O/h2*1H;;1H2. The zero-order valence-electron chi connectivity index (χ0n) is 1.63. The number of halogens is 2. The van der Waals surface area contributed by atoms with Crippen molar-refractivity contribution < 1.29 is 31.4 Å². The van der Waals surface area contributed by atoms with Gasteiger partial charge in [-0.05, 0) is 0 Å². The summed E-state index contributed by atoms with van der Waals surface area (Å²) < 4.78 is 0. The molecule has 0 amide bonds. The van der Waals surface area contributed by atoms with Gasteiger partial charge in [0, 0.05) is 16.5 Å². The molecule has 1 nitrogen and oxygen atoms in total. The van der Waals surface area contributed by atoms with Crippen molar-refractivity contribution in [1.82, 2.24) is 0 Å². The smallest absolute Gasteiger partial charge is 0 e. The second kappa shape index (κ2) is 180. The Morgan fingerprint density at radius 3 is 0.750 bits per heavy atom. The van der Waals surface area contributed by atoms with Gasteiger partial charge in [-0.25, -0.2) is 0 Å². The summed E-state index contributed by atoms with van der Waals surface area (Å²) in [5, 5.41) is 0. The van der Waals surface area contributed by atoms with E-state index in [2.05, 4.69) is 0 Å². The van der Waals surface area contributed by atoms with E-state index in [4.69, 9.17) is 0 Å². The van der Waals surface area contributed by atoms with Crippen LogP contribution in [0, 0.1) is 0 Å². The molecule has 0 heterocycles. The van der Waals surface area contributed by atoms with Crippen LogP contribution in [-0.4, -0.2) is 5.48 Å². The first kappa shape index (κ1) is 482. The molecule has 4 heteroatoms. The minimum absolute atomic E-state index is 0. The van der Waals surface area contributed by atoms with E-state index in [1.807, 2.05) is 0 Å². The van der Waals surface area contributed by atoms with E-state index < -0.39 is 0 Å². The quantitative estimate of drug-likeness (QED) is 0.382. The van der Waals surface area contributed by atoms with E-state index in [1.165, 1.54) is 0 Å². The molecule has 0 saturated carbocycles. The van der Waals surface area contributed by atoms with Crippen molar-refractivity contribution in [3.05, 3.63) is 0 Å². The van der Waals surface area contributed by atoms with Gasteiger partial charge in [-0.15, -0.1) is 0 Å². The van der Waals surface area contributed by atoms with Gasteiger partial charge in [0.05, 0.1) is 0 Å². The monoisotopic (exact) mass is 116 g/mol. The summed E-state index contributed by atoms with van der Waals surface area (Å²) in [6, 6.07) is 0. The molecule has 0 aliphatic rings. The number of hydrogen-bond acceptors (Lipinski definition) is 0. The predicted octanol–water partition coefficient (Wildman–Crippen LogP) is -0.522. The normalized spacial score (nSPS) is 0.